The minimum absolute atomic E-state index is 0.155. The summed E-state index contributed by atoms with van der Waals surface area (Å²) in [5.74, 6) is 0.0941. The van der Waals surface area contributed by atoms with Gasteiger partial charge in [0.1, 0.15) is 6.33 Å². The van der Waals surface area contributed by atoms with Crippen molar-refractivity contribution < 1.29 is 4.79 Å². The number of nitrogens with one attached hydrogen (secondary N) is 1. The number of nitrogen functional groups attached to an aromatic ring is 1. The predicted molar refractivity (Wildman–Crippen MR) is 77.3 cm³/mol. The molecule has 0 fully saturated rings. The molecule has 0 unspecified atom stereocenters. The van der Waals surface area contributed by atoms with E-state index in [1.165, 1.54) is 18.1 Å². The third kappa shape index (κ3) is 4.11. The van der Waals surface area contributed by atoms with Gasteiger partial charge in [-0.2, -0.15) is 0 Å². The first-order valence-corrected chi connectivity index (χ1v) is 6.75. The van der Waals surface area contributed by atoms with Crippen LogP contribution in [0.3, 0.4) is 0 Å². The number of amides is 1. The molecule has 19 heavy (non-hydrogen) atoms. The number of nitrogens with two attached hydrogens (primary N) is 1. The molecular weight excluding hydrogens is 284 g/mol. The number of aromatic nitrogens is 2. The summed E-state index contributed by atoms with van der Waals surface area (Å²) >= 11 is 7.11. The van der Waals surface area contributed by atoms with Gasteiger partial charge in [0.2, 0.25) is 5.91 Å². The number of nitrogens with zero attached hydrogens (tertiary/aromatic N) is 2. The van der Waals surface area contributed by atoms with Crippen molar-refractivity contribution in [3.8, 4) is 0 Å². The van der Waals surface area contributed by atoms with Gasteiger partial charge in [-0.3, -0.25) is 4.79 Å². The molecule has 0 saturated carbocycles. The lowest BCUT2D eigenvalue weighted by Gasteiger charge is -2.08. The highest BCUT2D eigenvalue weighted by molar-refractivity contribution is 7.99. The van der Waals surface area contributed by atoms with Crippen molar-refractivity contribution in [3.05, 3.63) is 41.8 Å². The summed E-state index contributed by atoms with van der Waals surface area (Å²) in [5.41, 5.74) is 6.74. The lowest BCUT2D eigenvalue weighted by Crippen LogP contribution is -2.15. The van der Waals surface area contributed by atoms with E-state index in [2.05, 4.69) is 15.3 Å². The number of rotatable bonds is 4. The Bertz CT molecular complexity index is 579. The quantitative estimate of drug-likeness (QED) is 0.514. The zero-order valence-electron chi connectivity index (χ0n) is 9.84. The van der Waals surface area contributed by atoms with E-state index in [1.807, 2.05) is 0 Å². The first-order chi connectivity index (χ1) is 9.15. The highest BCUT2D eigenvalue weighted by Gasteiger charge is 2.07. The SMILES string of the molecule is Nc1cc(Cl)ccc1NC(=O)CSc1ccncn1. The molecule has 0 radical (unpaired) electrons. The van der Waals surface area contributed by atoms with Gasteiger partial charge in [-0.1, -0.05) is 23.4 Å². The van der Waals surface area contributed by atoms with Gasteiger partial charge in [-0.15, -0.1) is 0 Å². The summed E-state index contributed by atoms with van der Waals surface area (Å²) in [4.78, 5) is 19.6. The van der Waals surface area contributed by atoms with Crippen molar-refractivity contribution in [1.29, 1.82) is 0 Å². The summed E-state index contributed by atoms with van der Waals surface area (Å²) < 4.78 is 0. The second kappa shape index (κ2) is 6.40. The fraction of sp³-hybridized carbons (Fsp3) is 0.0833. The predicted octanol–water partition coefficient (Wildman–Crippen LogP) is 2.44. The molecule has 1 amide bonds. The number of benzene rings is 1. The van der Waals surface area contributed by atoms with E-state index in [0.29, 0.717) is 16.4 Å². The fourth-order valence-electron chi connectivity index (χ4n) is 1.34. The maximum absolute atomic E-state index is 11.8. The smallest absolute Gasteiger partial charge is 0.234 e. The Labute approximate surface area is 119 Å². The molecule has 7 heteroatoms. The Kier molecular flexibility index (Phi) is 4.59. The van der Waals surface area contributed by atoms with Crippen LogP contribution in [0.1, 0.15) is 0 Å². The highest BCUT2D eigenvalue weighted by atomic mass is 35.5. The molecule has 0 bridgehead atoms. The zero-order valence-corrected chi connectivity index (χ0v) is 11.4. The van der Waals surface area contributed by atoms with E-state index in [-0.39, 0.29) is 11.7 Å². The van der Waals surface area contributed by atoms with Crippen LogP contribution in [-0.2, 0) is 4.79 Å². The Morgan fingerprint density at radius 2 is 2.26 bits per heavy atom. The van der Waals surface area contributed by atoms with E-state index < -0.39 is 0 Å². The van der Waals surface area contributed by atoms with Gasteiger partial charge in [-0.05, 0) is 24.3 Å². The van der Waals surface area contributed by atoms with Crippen molar-refractivity contribution in [2.75, 3.05) is 16.8 Å². The second-order valence-corrected chi connectivity index (χ2v) is 5.05. The molecule has 1 heterocycles. The van der Waals surface area contributed by atoms with Crippen LogP contribution in [0.25, 0.3) is 0 Å². The van der Waals surface area contributed by atoms with E-state index in [0.717, 1.165) is 5.03 Å². The van der Waals surface area contributed by atoms with E-state index >= 15 is 0 Å². The standard InChI is InChI=1S/C12H11ClN4OS/c13-8-1-2-10(9(14)5-8)17-11(18)6-19-12-3-4-15-7-16-12/h1-5,7H,6,14H2,(H,17,18). The summed E-state index contributed by atoms with van der Waals surface area (Å²) in [6.45, 7) is 0. The van der Waals surface area contributed by atoms with Gasteiger partial charge in [0, 0.05) is 11.2 Å². The fourth-order valence-corrected chi connectivity index (χ4v) is 2.15. The minimum Gasteiger partial charge on any atom is -0.397 e. The maximum atomic E-state index is 11.8. The highest BCUT2D eigenvalue weighted by Crippen LogP contribution is 2.23. The molecule has 0 aliphatic carbocycles. The Morgan fingerprint density at radius 3 is 2.95 bits per heavy atom. The van der Waals surface area contributed by atoms with Gasteiger partial charge in [-0.25, -0.2) is 9.97 Å². The summed E-state index contributed by atoms with van der Waals surface area (Å²) in [7, 11) is 0. The topological polar surface area (TPSA) is 80.9 Å². The number of carbonyl (C=O) groups excluding carboxylic acids is 1. The molecule has 5 nitrogen and oxygen atoms in total. The van der Waals surface area contributed by atoms with Gasteiger partial charge in [0.15, 0.2) is 0 Å². The molecule has 2 rings (SSSR count). The molecular formula is C12H11ClN4OS. The van der Waals surface area contributed by atoms with Crippen LogP contribution in [0.15, 0.2) is 41.8 Å². The Morgan fingerprint density at radius 1 is 1.42 bits per heavy atom. The number of hydrogen-bond acceptors (Lipinski definition) is 5. The second-order valence-electron chi connectivity index (χ2n) is 3.62. The summed E-state index contributed by atoms with van der Waals surface area (Å²) in [5, 5.41) is 4.00. The lowest BCUT2D eigenvalue weighted by atomic mass is 10.2. The molecule has 0 saturated heterocycles. The summed E-state index contributed by atoms with van der Waals surface area (Å²) in [6, 6.07) is 6.68. The average molecular weight is 295 g/mol. The number of thioether (sulfide) groups is 1. The van der Waals surface area contributed by atoms with E-state index in [1.54, 1.807) is 30.5 Å². The molecule has 0 aliphatic heterocycles. The number of halogens is 1. The molecule has 2 aromatic rings. The minimum atomic E-state index is -0.155. The van der Waals surface area contributed by atoms with Crippen molar-refractivity contribution >= 4 is 40.6 Å². The largest absolute Gasteiger partial charge is 0.397 e. The monoisotopic (exact) mass is 294 g/mol. The molecule has 98 valence electrons. The molecule has 1 aromatic carbocycles. The third-order valence-corrected chi connectivity index (χ3v) is 3.37. The van der Waals surface area contributed by atoms with Crippen molar-refractivity contribution in [1.82, 2.24) is 9.97 Å². The number of hydrogen-bond donors (Lipinski definition) is 2. The molecule has 0 aliphatic rings. The van der Waals surface area contributed by atoms with Crippen LogP contribution in [0.5, 0.6) is 0 Å². The van der Waals surface area contributed by atoms with Crippen molar-refractivity contribution in [2.45, 2.75) is 5.03 Å². The average Bonchev–Trinajstić information content (AvgIpc) is 2.41. The van der Waals surface area contributed by atoms with Gasteiger partial charge in [0.25, 0.3) is 0 Å². The van der Waals surface area contributed by atoms with Gasteiger partial charge in [0.05, 0.1) is 22.2 Å². The van der Waals surface area contributed by atoms with Crippen LogP contribution < -0.4 is 11.1 Å². The van der Waals surface area contributed by atoms with Crippen LogP contribution in [0, 0.1) is 0 Å². The molecule has 3 N–H and O–H groups in total. The zero-order chi connectivity index (χ0) is 13.7. The van der Waals surface area contributed by atoms with Crippen molar-refractivity contribution in [2.24, 2.45) is 0 Å². The normalized spacial score (nSPS) is 10.2. The summed E-state index contributed by atoms with van der Waals surface area (Å²) in [6.07, 6.45) is 3.07. The number of anilines is 2. The van der Waals surface area contributed by atoms with Crippen molar-refractivity contribution in [3.63, 3.8) is 0 Å². The van der Waals surface area contributed by atoms with Crippen LogP contribution in [0.2, 0.25) is 5.02 Å². The van der Waals surface area contributed by atoms with Crippen LogP contribution in [0.4, 0.5) is 11.4 Å². The van der Waals surface area contributed by atoms with Crippen LogP contribution >= 0.6 is 23.4 Å². The number of carbonyl (C=O) groups is 1. The third-order valence-electron chi connectivity index (χ3n) is 2.19. The lowest BCUT2D eigenvalue weighted by molar-refractivity contribution is -0.113. The van der Waals surface area contributed by atoms with Gasteiger partial charge >= 0.3 is 0 Å². The first-order valence-electron chi connectivity index (χ1n) is 5.39. The van der Waals surface area contributed by atoms with E-state index in [9.17, 15) is 4.79 Å². The maximum Gasteiger partial charge on any atom is 0.234 e. The first kappa shape index (κ1) is 13.6. The Hall–Kier alpha value is -1.79. The molecule has 0 spiro atoms. The van der Waals surface area contributed by atoms with Crippen LogP contribution in [-0.4, -0.2) is 21.6 Å². The molecule has 0 atom stereocenters. The van der Waals surface area contributed by atoms with E-state index in [4.69, 9.17) is 17.3 Å². The van der Waals surface area contributed by atoms with Gasteiger partial charge < -0.3 is 11.1 Å². The molecule has 1 aromatic heterocycles. The Balaban J connectivity index is 1.91.